The lowest BCUT2D eigenvalue weighted by molar-refractivity contribution is -0.131. The van der Waals surface area contributed by atoms with Crippen molar-refractivity contribution in [1.82, 2.24) is 10.9 Å². The fraction of sp³-hybridized carbons (Fsp3) is 0.0667. The van der Waals surface area contributed by atoms with Gasteiger partial charge in [-0.15, -0.1) is 0 Å². The zero-order valence-corrected chi connectivity index (χ0v) is 11.4. The summed E-state index contributed by atoms with van der Waals surface area (Å²) < 4.78 is 0. The number of rotatable bonds is 3. The molecule has 1 aliphatic rings. The van der Waals surface area contributed by atoms with Crippen LogP contribution in [0.5, 0.6) is 5.75 Å². The SMILES string of the molecule is O=C1NN=C[C@H]1C(=O)N/N=C\c1c(O)ccc2ccccc12. The van der Waals surface area contributed by atoms with Gasteiger partial charge in [0, 0.05) is 11.8 Å². The summed E-state index contributed by atoms with van der Waals surface area (Å²) in [7, 11) is 0. The molecule has 3 rings (SSSR count). The van der Waals surface area contributed by atoms with Gasteiger partial charge in [-0.2, -0.15) is 10.2 Å². The molecule has 0 saturated heterocycles. The largest absolute Gasteiger partial charge is 0.507 e. The molecule has 3 N–H and O–H groups in total. The van der Waals surface area contributed by atoms with Crippen molar-refractivity contribution in [1.29, 1.82) is 0 Å². The highest BCUT2D eigenvalue weighted by molar-refractivity contribution is 6.15. The summed E-state index contributed by atoms with van der Waals surface area (Å²) in [5.41, 5.74) is 4.92. The Morgan fingerprint density at radius 2 is 2.14 bits per heavy atom. The molecule has 2 aromatic rings. The quantitative estimate of drug-likeness (QED) is 0.442. The van der Waals surface area contributed by atoms with Crippen LogP contribution < -0.4 is 10.9 Å². The second-order valence-electron chi connectivity index (χ2n) is 4.69. The first kappa shape index (κ1) is 13.7. The van der Waals surface area contributed by atoms with Crippen molar-refractivity contribution in [2.45, 2.75) is 0 Å². The molecule has 0 unspecified atom stereocenters. The highest BCUT2D eigenvalue weighted by atomic mass is 16.3. The van der Waals surface area contributed by atoms with E-state index in [2.05, 4.69) is 21.1 Å². The fourth-order valence-electron chi connectivity index (χ4n) is 2.15. The predicted molar refractivity (Wildman–Crippen MR) is 81.5 cm³/mol. The van der Waals surface area contributed by atoms with E-state index in [1.165, 1.54) is 12.4 Å². The van der Waals surface area contributed by atoms with Gasteiger partial charge >= 0.3 is 0 Å². The standard InChI is InChI=1S/C15H12N4O3/c20-13-6-5-9-3-1-2-4-10(9)11(13)7-16-18-14(21)12-8-17-19-15(12)22/h1-8,12,20H,(H,18,21)(H,19,22)/b16-7-/t12-/m0/s1. The Labute approximate surface area is 125 Å². The minimum Gasteiger partial charge on any atom is -0.507 e. The second kappa shape index (κ2) is 5.65. The first-order valence-electron chi connectivity index (χ1n) is 6.53. The zero-order chi connectivity index (χ0) is 15.5. The summed E-state index contributed by atoms with van der Waals surface area (Å²) in [5.74, 6) is -2.02. The van der Waals surface area contributed by atoms with E-state index in [9.17, 15) is 14.7 Å². The topological polar surface area (TPSA) is 103 Å². The number of fused-ring (bicyclic) bond motifs is 1. The van der Waals surface area contributed by atoms with Gasteiger partial charge < -0.3 is 5.11 Å². The van der Waals surface area contributed by atoms with Crippen LogP contribution in [0.3, 0.4) is 0 Å². The summed E-state index contributed by atoms with van der Waals surface area (Å²) in [5, 5.41) is 19.0. The summed E-state index contributed by atoms with van der Waals surface area (Å²) in [6.07, 6.45) is 2.56. The van der Waals surface area contributed by atoms with Crippen LogP contribution in [0.15, 0.2) is 46.6 Å². The summed E-state index contributed by atoms with van der Waals surface area (Å²) in [6.45, 7) is 0. The first-order chi connectivity index (χ1) is 10.7. The van der Waals surface area contributed by atoms with Crippen LogP contribution in [-0.2, 0) is 9.59 Å². The number of carbonyl (C=O) groups is 2. The number of phenolic OH excluding ortho intramolecular Hbond substituents is 1. The Balaban J connectivity index is 1.81. The third-order valence-electron chi connectivity index (χ3n) is 3.28. The molecule has 0 fully saturated rings. The van der Waals surface area contributed by atoms with E-state index in [0.29, 0.717) is 5.56 Å². The van der Waals surface area contributed by atoms with Crippen molar-refractivity contribution in [3.63, 3.8) is 0 Å². The summed E-state index contributed by atoms with van der Waals surface area (Å²) >= 11 is 0. The lowest BCUT2D eigenvalue weighted by Gasteiger charge is -2.05. The third kappa shape index (κ3) is 2.51. The molecule has 0 spiro atoms. The lowest BCUT2D eigenvalue weighted by Crippen LogP contribution is -2.34. The molecule has 2 aromatic carbocycles. The molecular weight excluding hydrogens is 284 g/mol. The van der Waals surface area contributed by atoms with Gasteiger partial charge in [0.05, 0.1) is 6.21 Å². The Hall–Kier alpha value is -3.22. The van der Waals surface area contributed by atoms with Crippen molar-refractivity contribution in [3.05, 3.63) is 42.0 Å². The van der Waals surface area contributed by atoms with E-state index in [1.54, 1.807) is 12.1 Å². The van der Waals surface area contributed by atoms with E-state index >= 15 is 0 Å². The highest BCUT2D eigenvalue weighted by Gasteiger charge is 2.28. The van der Waals surface area contributed by atoms with Crippen LogP contribution in [0.2, 0.25) is 0 Å². The third-order valence-corrected chi connectivity index (χ3v) is 3.28. The number of nitrogens with zero attached hydrogens (tertiary/aromatic N) is 2. The minimum absolute atomic E-state index is 0.0527. The van der Waals surface area contributed by atoms with Crippen LogP contribution in [0.25, 0.3) is 10.8 Å². The molecular formula is C15H12N4O3. The number of hydrogen-bond acceptors (Lipinski definition) is 5. The molecule has 1 heterocycles. The normalized spacial score (nSPS) is 17.1. The van der Waals surface area contributed by atoms with Crippen LogP contribution in [-0.4, -0.2) is 29.4 Å². The van der Waals surface area contributed by atoms with Crippen LogP contribution in [0.4, 0.5) is 0 Å². The molecule has 0 radical (unpaired) electrons. The van der Waals surface area contributed by atoms with Crippen molar-refractivity contribution < 1.29 is 14.7 Å². The Bertz CT molecular complexity index is 814. The van der Waals surface area contributed by atoms with E-state index in [1.807, 2.05) is 24.3 Å². The average Bonchev–Trinajstić information content (AvgIpc) is 2.95. The molecule has 0 aliphatic carbocycles. The van der Waals surface area contributed by atoms with Gasteiger partial charge in [-0.1, -0.05) is 30.3 Å². The molecule has 2 amide bonds. The maximum Gasteiger partial charge on any atom is 0.258 e. The number of benzene rings is 2. The van der Waals surface area contributed by atoms with E-state index in [-0.39, 0.29) is 5.75 Å². The van der Waals surface area contributed by atoms with E-state index in [4.69, 9.17) is 0 Å². The van der Waals surface area contributed by atoms with Gasteiger partial charge in [-0.25, -0.2) is 10.9 Å². The van der Waals surface area contributed by atoms with Crippen molar-refractivity contribution in [3.8, 4) is 5.75 Å². The van der Waals surface area contributed by atoms with Crippen molar-refractivity contribution in [2.24, 2.45) is 16.1 Å². The Morgan fingerprint density at radius 1 is 1.32 bits per heavy atom. The van der Waals surface area contributed by atoms with Gasteiger partial charge in [-0.05, 0) is 16.8 Å². The number of nitrogens with one attached hydrogen (secondary N) is 2. The number of aromatic hydroxyl groups is 1. The number of hydrogen-bond donors (Lipinski definition) is 3. The van der Waals surface area contributed by atoms with Crippen LogP contribution in [0, 0.1) is 5.92 Å². The molecule has 0 saturated carbocycles. The van der Waals surface area contributed by atoms with Gasteiger partial charge in [0.15, 0.2) is 5.92 Å². The van der Waals surface area contributed by atoms with Gasteiger partial charge in [0.1, 0.15) is 5.75 Å². The lowest BCUT2D eigenvalue weighted by atomic mass is 10.0. The second-order valence-corrected chi connectivity index (χ2v) is 4.69. The Morgan fingerprint density at radius 3 is 2.91 bits per heavy atom. The molecule has 1 aliphatic heterocycles. The van der Waals surface area contributed by atoms with Gasteiger partial charge in [0.25, 0.3) is 11.8 Å². The average molecular weight is 296 g/mol. The molecule has 22 heavy (non-hydrogen) atoms. The van der Waals surface area contributed by atoms with Gasteiger partial charge in [0.2, 0.25) is 0 Å². The maximum atomic E-state index is 11.8. The van der Waals surface area contributed by atoms with Crippen LogP contribution in [0.1, 0.15) is 5.56 Å². The molecule has 0 bridgehead atoms. The van der Waals surface area contributed by atoms with Gasteiger partial charge in [-0.3, -0.25) is 9.59 Å². The van der Waals surface area contributed by atoms with Crippen LogP contribution >= 0.6 is 0 Å². The van der Waals surface area contributed by atoms with E-state index in [0.717, 1.165) is 10.8 Å². The number of phenols is 1. The number of hydrazone groups is 2. The monoisotopic (exact) mass is 296 g/mol. The molecule has 0 aromatic heterocycles. The number of amides is 2. The fourth-order valence-corrected chi connectivity index (χ4v) is 2.15. The van der Waals surface area contributed by atoms with E-state index < -0.39 is 17.7 Å². The molecule has 110 valence electrons. The van der Waals surface area contributed by atoms with Crippen molar-refractivity contribution in [2.75, 3.05) is 0 Å². The smallest absolute Gasteiger partial charge is 0.258 e. The highest BCUT2D eigenvalue weighted by Crippen LogP contribution is 2.25. The zero-order valence-electron chi connectivity index (χ0n) is 11.4. The molecule has 1 atom stereocenters. The predicted octanol–water partition coefficient (Wildman–Crippen LogP) is 0.727. The number of carbonyl (C=O) groups excluding carboxylic acids is 2. The Kier molecular flexibility index (Phi) is 3.53. The first-order valence-corrected chi connectivity index (χ1v) is 6.53. The van der Waals surface area contributed by atoms with Crippen molar-refractivity contribution >= 4 is 35.0 Å². The minimum atomic E-state index is -0.988. The summed E-state index contributed by atoms with van der Waals surface area (Å²) in [6, 6.07) is 10.8. The maximum absolute atomic E-state index is 11.8. The summed E-state index contributed by atoms with van der Waals surface area (Å²) in [4.78, 5) is 23.0. The molecule has 7 nitrogen and oxygen atoms in total. The molecule has 7 heteroatoms.